The number of benzene rings is 1. The van der Waals surface area contributed by atoms with Gasteiger partial charge in [0, 0.05) is 0 Å². The van der Waals surface area contributed by atoms with Crippen molar-refractivity contribution in [2.45, 2.75) is 31.2 Å². The van der Waals surface area contributed by atoms with Crippen LogP contribution in [0.1, 0.15) is 31.5 Å². The molecule has 3 N–H and O–H groups in total. The first-order valence-corrected chi connectivity index (χ1v) is 7.63. The summed E-state index contributed by atoms with van der Waals surface area (Å²) >= 11 is 0. The Morgan fingerprint density at radius 1 is 1.17 bits per heavy atom. The zero-order valence-electron chi connectivity index (χ0n) is 12.5. The molecule has 1 aliphatic carbocycles. The molecule has 0 radical (unpaired) electrons. The highest BCUT2D eigenvalue weighted by Gasteiger charge is 2.36. The van der Waals surface area contributed by atoms with Crippen molar-refractivity contribution in [3.05, 3.63) is 42.4 Å². The predicted molar refractivity (Wildman–Crippen MR) is 82.9 cm³/mol. The second-order valence-corrected chi connectivity index (χ2v) is 5.93. The van der Waals surface area contributed by atoms with Gasteiger partial charge in [-0.15, -0.1) is 0 Å². The van der Waals surface area contributed by atoms with Crippen LogP contribution in [0.25, 0.3) is 17.3 Å². The number of rotatable bonds is 3. The molecule has 7 heteroatoms. The van der Waals surface area contributed by atoms with E-state index >= 15 is 0 Å². The van der Waals surface area contributed by atoms with Crippen LogP contribution in [0.2, 0.25) is 0 Å². The number of para-hydroxylation sites is 1. The number of aromatic nitrogens is 4. The predicted octanol–water partition coefficient (Wildman–Crippen LogP) is 2.36. The molecule has 1 aromatic carbocycles. The maximum absolute atomic E-state index is 10.1. The van der Waals surface area contributed by atoms with E-state index < -0.39 is 5.54 Å². The Labute approximate surface area is 132 Å². The van der Waals surface area contributed by atoms with E-state index in [4.69, 9.17) is 10.3 Å². The van der Waals surface area contributed by atoms with Crippen molar-refractivity contribution in [1.29, 1.82) is 0 Å². The summed E-state index contributed by atoms with van der Waals surface area (Å²) in [5.74, 6) is 0.657. The van der Waals surface area contributed by atoms with Gasteiger partial charge in [0.2, 0.25) is 0 Å². The van der Waals surface area contributed by atoms with Crippen molar-refractivity contribution in [1.82, 2.24) is 19.9 Å². The van der Waals surface area contributed by atoms with Crippen molar-refractivity contribution >= 4 is 0 Å². The topological polar surface area (TPSA) is 103 Å². The quantitative estimate of drug-likeness (QED) is 0.769. The number of aromatic hydroxyl groups is 1. The Balaban J connectivity index is 1.69. The fraction of sp³-hybridized carbons (Fsp3) is 0.312. The molecule has 2 heterocycles. The molecule has 7 nitrogen and oxygen atoms in total. The zero-order chi connectivity index (χ0) is 15.9. The Bertz CT molecular complexity index is 818. The molecule has 3 aromatic rings. The number of hydrogen-bond acceptors (Lipinski definition) is 6. The molecule has 0 atom stereocenters. The Kier molecular flexibility index (Phi) is 3.16. The first-order chi connectivity index (χ1) is 11.2. The van der Waals surface area contributed by atoms with Gasteiger partial charge in [-0.2, -0.15) is 10.1 Å². The lowest BCUT2D eigenvalue weighted by molar-refractivity contribution is 0.371. The van der Waals surface area contributed by atoms with Gasteiger partial charge in [0.25, 0.3) is 5.89 Å². The minimum atomic E-state index is -0.528. The van der Waals surface area contributed by atoms with Gasteiger partial charge in [0.05, 0.1) is 17.4 Å². The summed E-state index contributed by atoms with van der Waals surface area (Å²) in [6.07, 6.45) is 5.33. The van der Waals surface area contributed by atoms with Crippen LogP contribution in [0.5, 0.6) is 5.75 Å². The summed E-state index contributed by atoms with van der Waals surface area (Å²) in [5.41, 5.74) is 6.90. The van der Waals surface area contributed by atoms with Crippen molar-refractivity contribution in [3.63, 3.8) is 0 Å². The molecule has 0 saturated heterocycles. The van der Waals surface area contributed by atoms with Crippen molar-refractivity contribution in [2.75, 3.05) is 0 Å². The van der Waals surface area contributed by atoms with Gasteiger partial charge in [0.15, 0.2) is 17.3 Å². The number of nitrogens with zero attached hydrogens (tertiary/aromatic N) is 4. The minimum absolute atomic E-state index is 0.0125. The Morgan fingerprint density at radius 3 is 2.65 bits per heavy atom. The van der Waals surface area contributed by atoms with Gasteiger partial charge in [-0.05, 0) is 25.0 Å². The highest BCUT2D eigenvalue weighted by Crippen LogP contribution is 2.36. The van der Waals surface area contributed by atoms with E-state index in [2.05, 4.69) is 15.2 Å². The molecule has 1 aliphatic rings. The van der Waals surface area contributed by atoms with E-state index in [1.807, 2.05) is 30.3 Å². The SMILES string of the molecule is NC1(c2noc(-c3nn(-c4ccccc4)cc3O)n2)CCCC1. The maximum Gasteiger partial charge on any atom is 0.282 e. The minimum Gasteiger partial charge on any atom is -0.504 e. The van der Waals surface area contributed by atoms with Gasteiger partial charge in [-0.1, -0.05) is 36.2 Å². The first kappa shape index (κ1) is 14.0. The van der Waals surface area contributed by atoms with Crippen molar-refractivity contribution in [3.8, 4) is 23.0 Å². The lowest BCUT2D eigenvalue weighted by atomic mass is 9.99. The third-order valence-corrected chi connectivity index (χ3v) is 4.29. The summed E-state index contributed by atoms with van der Waals surface area (Å²) in [6, 6.07) is 9.50. The van der Waals surface area contributed by atoms with Crippen LogP contribution in [0.15, 0.2) is 41.1 Å². The molecular weight excluding hydrogens is 294 g/mol. The standard InChI is InChI=1S/C16H17N5O2/c17-16(8-4-5-9-16)15-18-14(23-20-15)13-12(22)10-21(19-13)11-6-2-1-3-7-11/h1-3,6-7,10,22H,4-5,8-9,17H2. The second-order valence-electron chi connectivity index (χ2n) is 5.93. The molecule has 4 rings (SSSR count). The second kappa shape index (κ2) is 5.20. The molecular formula is C16H17N5O2. The molecule has 0 bridgehead atoms. The molecule has 0 unspecified atom stereocenters. The lowest BCUT2D eigenvalue weighted by Gasteiger charge is -2.17. The fourth-order valence-corrected chi connectivity index (χ4v) is 2.98. The molecule has 118 valence electrons. The Morgan fingerprint density at radius 2 is 1.91 bits per heavy atom. The van der Waals surface area contributed by atoms with Crippen LogP contribution in [0, 0.1) is 0 Å². The highest BCUT2D eigenvalue weighted by molar-refractivity contribution is 5.57. The number of nitrogens with two attached hydrogens (primary N) is 1. The van der Waals surface area contributed by atoms with Gasteiger partial charge in [-0.25, -0.2) is 4.68 Å². The van der Waals surface area contributed by atoms with Crippen LogP contribution in [0.4, 0.5) is 0 Å². The van der Waals surface area contributed by atoms with Crippen LogP contribution in [-0.2, 0) is 5.54 Å². The molecule has 0 spiro atoms. The van der Waals surface area contributed by atoms with Crippen LogP contribution in [-0.4, -0.2) is 25.0 Å². The zero-order valence-corrected chi connectivity index (χ0v) is 12.5. The lowest BCUT2D eigenvalue weighted by Crippen LogP contribution is -2.34. The van der Waals surface area contributed by atoms with Gasteiger partial charge >= 0.3 is 0 Å². The summed E-state index contributed by atoms with van der Waals surface area (Å²) in [6.45, 7) is 0. The van der Waals surface area contributed by atoms with Gasteiger partial charge < -0.3 is 15.4 Å². The van der Waals surface area contributed by atoms with E-state index in [0.29, 0.717) is 5.82 Å². The maximum atomic E-state index is 10.1. The summed E-state index contributed by atoms with van der Waals surface area (Å²) in [5, 5.41) is 18.5. The average molecular weight is 311 g/mol. The molecule has 2 aromatic heterocycles. The van der Waals surface area contributed by atoms with Crippen LogP contribution < -0.4 is 5.73 Å². The fourth-order valence-electron chi connectivity index (χ4n) is 2.98. The Hall–Kier alpha value is -2.67. The summed E-state index contributed by atoms with van der Waals surface area (Å²) < 4.78 is 6.85. The van der Waals surface area contributed by atoms with E-state index in [1.54, 1.807) is 4.68 Å². The van der Waals surface area contributed by atoms with E-state index in [-0.39, 0.29) is 17.3 Å². The third-order valence-electron chi connectivity index (χ3n) is 4.29. The monoisotopic (exact) mass is 311 g/mol. The molecule has 23 heavy (non-hydrogen) atoms. The van der Waals surface area contributed by atoms with E-state index in [9.17, 15) is 5.11 Å². The number of hydrogen-bond donors (Lipinski definition) is 2. The normalized spacial score (nSPS) is 16.7. The van der Waals surface area contributed by atoms with E-state index in [1.165, 1.54) is 6.20 Å². The summed E-state index contributed by atoms with van der Waals surface area (Å²) in [4.78, 5) is 4.36. The largest absolute Gasteiger partial charge is 0.504 e. The molecule has 1 fully saturated rings. The van der Waals surface area contributed by atoms with Gasteiger partial charge in [0.1, 0.15) is 0 Å². The molecule has 0 aliphatic heterocycles. The average Bonchev–Trinajstić information content (AvgIpc) is 3.28. The molecule has 0 amide bonds. The van der Waals surface area contributed by atoms with Crippen LogP contribution >= 0.6 is 0 Å². The third kappa shape index (κ3) is 2.39. The summed E-state index contributed by atoms with van der Waals surface area (Å²) in [7, 11) is 0. The van der Waals surface area contributed by atoms with Crippen molar-refractivity contribution in [2.24, 2.45) is 5.73 Å². The van der Waals surface area contributed by atoms with Crippen molar-refractivity contribution < 1.29 is 9.63 Å². The molecule has 1 saturated carbocycles. The van der Waals surface area contributed by atoms with Gasteiger partial charge in [-0.3, -0.25) is 0 Å². The highest BCUT2D eigenvalue weighted by atomic mass is 16.5. The van der Waals surface area contributed by atoms with E-state index in [0.717, 1.165) is 31.4 Å². The smallest absolute Gasteiger partial charge is 0.282 e. The first-order valence-electron chi connectivity index (χ1n) is 7.63. The van der Waals surface area contributed by atoms with Crippen LogP contribution in [0.3, 0.4) is 0 Å².